The van der Waals surface area contributed by atoms with Crippen molar-refractivity contribution in [3.63, 3.8) is 0 Å². The first-order valence-electron chi connectivity index (χ1n) is 11.0. The Kier molecular flexibility index (Phi) is 7.96. The standard InChI is InChI=1S/C25H25BrClN5O/c26-20-17-30-32-23(16-22(31-25(20)32)19-10-4-5-11-21(19)27)28-14-6-7-15-29-24(33)13-12-18-8-2-1-3-9-18/h1-5,8-11,16-17,28H,6-7,12-15H2,(H,29,33). The number of hydrogen-bond donors (Lipinski definition) is 2. The van der Waals surface area contributed by atoms with Crippen LogP contribution in [-0.2, 0) is 11.2 Å². The number of hydrogen-bond acceptors (Lipinski definition) is 4. The molecule has 1 amide bonds. The van der Waals surface area contributed by atoms with Gasteiger partial charge in [-0.05, 0) is 46.8 Å². The summed E-state index contributed by atoms with van der Waals surface area (Å²) >= 11 is 9.91. The second-order valence-corrected chi connectivity index (χ2v) is 8.97. The highest BCUT2D eigenvalue weighted by molar-refractivity contribution is 9.10. The van der Waals surface area contributed by atoms with Gasteiger partial charge in [0.05, 0.1) is 16.4 Å². The second kappa shape index (κ2) is 11.3. The molecular weight excluding hydrogens is 502 g/mol. The summed E-state index contributed by atoms with van der Waals surface area (Å²) in [5, 5.41) is 11.5. The minimum absolute atomic E-state index is 0.0911. The number of nitrogens with zero attached hydrogens (tertiary/aromatic N) is 3. The number of fused-ring (bicyclic) bond motifs is 1. The molecule has 0 atom stereocenters. The van der Waals surface area contributed by atoms with Gasteiger partial charge in [0.15, 0.2) is 5.65 Å². The Hall–Kier alpha value is -2.90. The van der Waals surface area contributed by atoms with Crippen molar-refractivity contribution in [1.82, 2.24) is 19.9 Å². The molecule has 33 heavy (non-hydrogen) atoms. The van der Waals surface area contributed by atoms with E-state index in [1.54, 1.807) is 10.7 Å². The van der Waals surface area contributed by atoms with Crippen molar-refractivity contribution >= 4 is 44.9 Å². The molecule has 0 radical (unpaired) electrons. The van der Waals surface area contributed by atoms with Crippen LogP contribution in [0.2, 0.25) is 5.02 Å². The first kappa shape index (κ1) is 23.3. The Bertz CT molecular complexity index is 1230. The number of aromatic nitrogens is 3. The lowest BCUT2D eigenvalue weighted by Crippen LogP contribution is -2.25. The molecule has 0 saturated carbocycles. The van der Waals surface area contributed by atoms with Crippen LogP contribution in [0.3, 0.4) is 0 Å². The Balaban J connectivity index is 1.29. The highest BCUT2D eigenvalue weighted by Gasteiger charge is 2.13. The van der Waals surface area contributed by atoms with Gasteiger partial charge in [0.25, 0.3) is 0 Å². The third-order valence-electron chi connectivity index (χ3n) is 5.29. The zero-order chi connectivity index (χ0) is 23.0. The number of carbonyl (C=O) groups is 1. The van der Waals surface area contributed by atoms with Gasteiger partial charge in [0.2, 0.25) is 5.91 Å². The zero-order valence-corrected chi connectivity index (χ0v) is 20.4. The fourth-order valence-corrected chi connectivity index (χ4v) is 4.13. The summed E-state index contributed by atoms with van der Waals surface area (Å²) in [4.78, 5) is 16.8. The largest absolute Gasteiger partial charge is 0.370 e. The lowest BCUT2D eigenvalue weighted by molar-refractivity contribution is -0.121. The van der Waals surface area contributed by atoms with Crippen LogP contribution in [0, 0.1) is 0 Å². The highest BCUT2D eigenvalue weighted by atomic mass is 79.9. The van der Waals surface area contributed by atoms with Gasteiger partial charge in [0, 0.05) is 36.2 Å². The van der Waals surface area contributed by atoms with Crippen LogP contribution in [0.25, 0.3) is 16.9 Å². The molecule has 8 heteroatoms. The summed E-state index contributed by atoms with van der Waals surface area (Å²) in [6, 6.07) is 19.7. The topological polar surface area (TPSA) is 71.3 Å². The molecule has 0 fully saturated rings. The van der Waals surface area contributed by atoms with Crippen molar-refractivity contribution in [3.05, 3.63) is 81.9 Å². The molecule has 4 rings (SSSR count). The number of carbonyl (C=O) groups excluding carboxylic acids is 1. The van der Waals surface area contributed by atoms with E-state index in [0.717, 1.165) is 53.0 Å². The molecule has 0 unspecified atom stereocenters. The van der Waals surface area contributed by atoms with Crippen LogP contribution < -0.4 is 10.6 Å². The summed E-state index contributed by atoms with van der Waals surface area (Å²) in [5.41, 5.74) is 3.56. The lowest BCUT2D eigenvalue weighted by Gasteiger charge is -2.12. The summed E-state index contributed by atoms with van der Waals surface area (Å²) in [6.45, 7) is 1.41. The highest BCUT2D eigenvalue weighted by Crippen LogP contribution is 2.30. The van der Waals surface area contributed by atoms with Crippen molar-refractivity contribution in [2.45, 2.75) is 25.7 Å². The molecule has 170 valence electrons. The number of benzene rings is 2. The molecule has 0 spiro atoms. The normalized spacial score (nSPS) is 11.0. The van der Waals surface area contributed by atoms with Crippen LogP contribution in [-0.4, -0.2) is 33.6 Å². The third kappa shape index (κ3) is 6.12. The van der Waals surface area contributed by atoms with Crippen LogP contribution in [0.4, 0.5) is 5.82 Å². The van der Waals surface area contributed by atoms with E-state index in [2.05, 4.69) is 31.7 Å². The van der Waals surface area contributed by atoms with Crippen LogP contribution in [0.1, 0.15) is 24.8 Å². The van der Waals surface area contributed by atoms with Crippen LogP contribution >= 0.6 is 27.5 Å². The molecule has 0 bridgehead atoms. The van der Waals surface area contributed by atoms with E-state index >= 15 is 0 Å². The van der Waals surface area contributed by atoms with Gasteiger partial charge in [-0.3, -0.25) is 4.79 Å². The van der Waals surface area contributed by atoms with Gasteiger partial charge in [-0.1, -0.05) is 60.1 Å². The fraction of sp³-hybridized carbons (Fsp3) is 0.240. The average Bonchev–Trinajstić information content (AvgIpc) is 3.21. The fourth-order valence-electron chi connectivity index (χ4n) is 3.55. The molecule has 2 heterocycles. The van der Waals surface area contributed by atoms with Crippen LogP contribution in [0.5, 0.6) is 0 Å². The number of aryl methyl sites for hydroxylation is 1. The summed E-state index contributed by atoms with van der Waals surface area (Å²) < 4.78 is 2.59. The molecule has 2 aromatic heterocycles. The monoisotopic (exact) mass is 525 g/mol. The maximum Gasteiger partial charge on any atom is 0.220 e. The first-order chi connectivity index (χ1) is 16.1. The number of unbranched alkanes of at least 4 members (excludes halogenated alkanes) is 1. The van der Waals surface area contributed by atoms with Gasteiger partial charge in [0.1, 0.15) is 5.82 Å². The first-order valence-corrected chi connectivity index (χ1v) is 12.1. The Labute approximate surface area is 206 Å². The lowest BCUT2D eigenvalue weighted by atomic mass is 10.1. The Morgan fingerprint density at radius 3 is 2.61 bits per heavy atom. The van der Waals surface area contributed by atoms with Crippen molar-refractivity contribution in [3.8, 4) is 11.3 Å². The molecular formula is C25H25BrClN5O. The quantitative estimate of drug-likeness (QED) is 0.258. The molecule has 6 nitrogen and oxygen atoms in total. The number of amides is 1. The SMILES string of the molecule is O=C(CCc1ccccc1)NCCCCNc1cc(-c2ccccc2Cl)nc2c(Br)cnn12. The van der Waals surface area contributed by atoms with Gasteiger partial charge >= 0.3 is 0 Å². The second-order valence-electron chi connectivity index (χ2n) is 7.70. The number of rotatable bonds is 10. The zero-order valence-electron chi connectivity index (χ0n) is 18.1. The van der Waals surface area contributed by atoms with Gasteiger partial charge in [-0.15, -0.1) is 0 Å². The van der Waals surface area contributed by atoms with Gasteiger partial charge in [-0.2, -0.15) is 9.61 Å². The van der Waals surface area contributed by atoms with E-state index in [9.17, 15) is 4.79 Å². The predicted molar refractivity (Wildman–Crippen MR) is 137 cm³/mol. The number of nitrogens with one attached hydrogen (secondary N) is 2. The van der Waals surface area contributed by atoms with E-state index in [4.69, 9.17) is 16.6 Å². The molecule has 2 N–H and O–H groups in total. The average molecular weight is 527 g/mol. The van der Waals surface area contributed by atoms with E-state index in [1.807, 2.05) is 60.7 Å². The molecule has 4 aromatic rings. The van der Waals surface area contributed by atoms with E-state index in [-0.39, 0.29) is 5.91 Å². The Morgan fingerprint density at radius 1 is 1.03 bits per heavy atom. The third-order valence-corrected chi connectivity index (χ3v) is 6.18. The molecule has 0 aliphatic carbocycles. The summed E-state index contributed by atoms with van der Waals surface area (Å²) in [5.74, 6) is 0.931. The van der Waals surface area contributed by atoms with Crippen molar-refractivity contribution in [2.75, 3.05) is 18.4 Å². The van der Waals surface area contributed by atoms with Crippen molar-refractivity contribution < 1.29 is 4.79 Å². The number of halogens is 2. The van der Waals surface area contributed by atoms with E-state index in [0.29, 0.717) is 18.0 Å². The molecule has 0 aliphatic rings. The van der Waals surface area contributed by atoms with Gasteiger partial charge in [-0.25, -0.2) is 4.98 Å². The molecule has 0 saturated heterocycles. The maximum absolute atomic E-state index is 12.1. The van der Waals surface area contributed by atoms with Crippen LogP contribution in [0.15, 0.2) is 71.3 Å². The van der Waals surface area contributed by atoms with Gasteiger partial charge < -0.3 is 10.6 Å². The van der Waals surface area contributed by atoms with Crippen molar-refractivity contribution in [2.24, 2.45) is 0 Å². The Morgan fingerprint density at radius 2 is 1.79 bits per heavy atom. The number of anilines is 1. The maximum atomic E-state index is 12.1. The van der Waals surface area contributed by atoms with Crippen molar-refractivity contribution in [1.29, 1.82) is 0 Å². The predicted octanol–water partition coefficient (Wildman–Crippen LogP) is 5.75. The van der Waals surface area contributed by atoms with E-state index in [1.165, 1.54) is 5.56 Å². The smallest absolute Gasteiger partial charge is 0.220 e. The summed E-state index contributed by atoms with van der Waals surface area (Å²) in [6.07, 6.45) is 4.80. The molecule has 2 aromatic carbocycles. The molecule has 0 aliphatic heterocycles. The minimum Gasteiger partial charge on any atom is -0.370 e. The van der Waals surface area contributed by atoms with E-state index < -0.39 is 0 Å². The minimum atomic E-state index is 0.0911. The summed E-state index contributed by atoms with van der Waals surface area (Å²) in [7, 11) is 0.